The van der Waals surface area contributed by atoms with E-state index in [1.807, 2.05) is 66.7 Å². The van der Waals surface area contributed by atoms with Gasteiger partial charge >= 0.3 is 0 Å². The van der Waals surface area contributed by atoms with Gasteiger partial charge in [-0.05, 0) is 41.3 Å². The van der Waals surface area contributed by atoms with Gasteiger partial charge in [0.2, 0.25) is 17.6 Å². The highest BCUT2D eigenvalue weighted by Crippen LogP contribution is 2.63. The summed E-state index contributed by atoms with van der Waals surface area (Å²) in [5.41, 5.74) is 5.88. The first-order chi connectivity index (χ1) is 18.5. The van der Waals surface area contributed by atoms with Crippen LogP contribution in [0.25, 0.3) is 0 Å². The van der Waals surface area contributed by atoms with E-state index in [2.05, 4.69) is 10.5 Å². The van der Waals surface area contributed by atoms with Crippen molar-refractivity contribution in [3.05, 3.63) is 101 Å². The van der Waals surface area contributed by atoms with Gasteiger partial charge in [-0.2, -0.15) is 5.10 Å². The first kappa shape index (κ1) is 23.0. The predicted molar refractivity (Wildman–Crippen MR) is 138 cm³/mol. The van der Waals surface area contributed by atoms with Crippen LogP contribution in [0.1, 0.15) is 35.1 Å². The molecule has 3 aromatic carbocycles. The minimum atomic E-state index is -1.43. The lowest BCUT2D eigenvalue weighted by molar-refractivity contribution is -0.176. The predicted octanol–water partition coefficient (Wildman–Crippen LogP) is 3.10. The first-order valence-electron chi connectivity index (χ1n) is 12.7. The third-order valence-corrected chi connectivity index (χ3v) is 8.38. The number of anilines is 1. The van der Waals surface area contributed by atoms with Gasteiger partial charge in [0.25, 0.3) is 5.91 Å². The molecule has 2 bridgehead atoms. The Morgan fingerprint density at radius 1 is 0.895 bits per heavy atom. The fourth-order valence-electron chi connectivity index (χ4n) is 6.82. The molecule has 0 unspecified atom stereocenters. The monoisotopic (exact) mass is 507 g/mol. The van der Waals surface area contributed by atoms with E-state index in [1.165, 1.54) is 4.90 Å². The van der Waals surface area contributed by atoms with Crippen molar-refractivity contribution in [1.82, 2.24) is 5.43 Å². The lowest BCUT2D eigenvalue weighted by Crippen LogP contribution is -2.55. The number of para-hydroxylation sites is 1. The average Bonchev–Trinajstić information content (AvgIpc) is 3.51. The number of carbonyl (C=O) groups excluding carboxylic acids is 3. The number of hydrogen-bond acceptors (Lipinski definition) is 6. The Balaban J connectivity index is 1.41. The van der Waals surface area contributed by atoms with Crippen molar-refractivity contribution in [1.29, 1.82) is 0 Å². The van der Waals surface area contributed by atoms with Crippen LogP contribution in [0.4, 0.5) is 5.69 Å². The SMILES string of the molecule is CC1(C(=O)N/N=C\C23c4ccccc4C(c4ccccc42)[C@H]2C(=O)N(c4ccccc4)C(=O)[C@@H]23)OCCO1. The second kappa shape index (κ2) is 8.18. The molecule has 0 aromatic heterocycles. The number of ether oxygens (including phenoxy) is 2. The van der Waals surface area contributed by atoms with E-state index in [0.29, 0.717) is 18.9 Å². The number of amides is 3. The molecule has 2 atom stereocenters. The molecule has 2 saturated heterocycles. The van der Waals surface area contributed by atoms with E-state index in [0.717, 1.165) is 22.3 Å². The summed E-state index contributed by atoms with van der Waals surface area (Å²) in [6, 6.07) is 24.9. The van der Waals surface area contributed by atoms with Crippen molar-refractivity contribution in [2.45, 2.75) is 24.0 Å². The lowest BCUT2D eigenvalue weighted by atomic mass is 9.47. The average molecular weight is 508 g/mol. The van der Waals surface area contributed by atoms with Crippen molar-refractivity contribution < 1.29 is 23.9 Å². The van der Waals surface area contributed by atoms with Crippen LogP contribution in [-0.2, 0) is 29.3 Å². The first-order valence-corrected chi connectivity index (χ1v) is 12.7. The number of benzene rings is 3. The van der Waals surface area contributed by atoms with Crippen LogP contribution >= 0.6 is 0 Å². The standard InChI is InChI=1S/C30H25N3O5/c1-29(37-15-16-38-29)28(36)32-31-17-30-21-13-7-5-11-19(21)23(20-12-6-8-14-22(20)30)24-25(30)27(35)33(26(24)34)18-9-3-2-4-10-18/h2-14,17,23-25H,15-16H2,1H3,(H,32,36)/b31-17-/t23?,24-,25-,30?/m1/s1. The maximum atomic E-state index is 14.2. The fraction of sp³-hybridized carbons (Fsp3) is 0.267. The number of hydrazone groups is 1. The molecule has 3 aliphatic carbocycles. The van der Waals surface area contributed by atoms with Gasteiger partial charge in [0.15, 0.2) is 0 Å². The van der Waals surface area contributed by atoms with E-state index in [4.69, 9.17) is 9.47 Å². The summed E-state index contributed by atoms with van der Waals surface area (Å²) < 4.78 is 10.9. The Morgan fingerprint density at radius 2 is 1.47 bits per heavy atom. The second-order valence-electron chi connectivity index (χ2n) is 10.2. The Bertz CT molecular complexity index is 1460. The van der Waals surface area contributed by atoms with Gasteiger partial charge in [-0.15, -0.1) is 0 Å². The summed E-state index contributed by atoms with van der Waals surface area (Å²) in [4.78, 5) is 42.5. The molecule has 190 valence electrons. The summed E-state index contributed by atoms with van der Waals surface area (Å²) in [5, 5.41) is 4.40. The Kier molecular flexibility index (Phi) is 4.95. The highest BCUT2D eigenvalue weighted by atomic mass is 16.7. The third kappa shape index (κ3) is 2.92. The zero-order valence-corrected chi connectivity index (χ0v) is 20.7. The maximum Gasteiger partial charge on any atom is 0.300 e. The largest absolute Gasteiger partial charge is 0.340 e. The highest BCUT2D eigenvalue weighted by molar-refractivity contribution is 6.25. The molecule has 5 aliphatic rings. The minimum absolute atomic E-state index is 0.220. The molecule has 1 N–H and O–H groups in total. The van der Waals surface area contributed by atoms with Crippen molar-refractivity contribution >= 4 is 29.6 Å². The molecule has 3 aromatic rings. The van der Waals surface area contributed by atoms with Crippen molar-refractivity contribution in [2.24, 2.45) is 16.9 Å². The van der Waals surface area contributed by atoms with E-state index in [9.17, 15) is 14.4 Å². The molecule has 8 nitrogen and oxygen atoms in total. The zero-order valence-electron chi connectivity index (χ0n) is 20.7. The van der Waals surface area contributed by atoms with Crippen molar-refractivity contribution in [3.8, 4) is 0 Å². The smallest absolute Gasteiger partial charge is 0.300 e. The van der Waals surface area contributed by atoms with Gasteiger partial charge < -0.3 is 9.47 Å². The maximum absolute atomic E-state index is 14.2. The number of hydrogen-bond donors (Lipinski definition) is 1. The summed E-state index contributed by atoms with van der Waals surface area (Å²) in [6.45, 7) is 2.18. The molecular formula is C30H25N3O5. The minimum Gasteiger partial charge on any atom is -0.340 e. The highest BCUT2D eigenvalue weighted by Gasteiger charge is 2.68. The van der Waals surface area contributed by atoms with Crippen LogP contribution in [0, 0.1) is 11.8 Å². The number of nitrogens with one attached hydrogen (secondary N) is 1. The molecule has 2 fully saturated rings. The molecule has 0 radical (unpaired) electrons. The summed E-state index contributed by atoms with van der Waals surface area (Å²) in [7, 11) is 0. The number of nitrogens with zero attached hydrogens (tertiary/aromatic N) is 2. The van der Waals surface area contributed by atoms with Crippen molar-refractivity contribution in [3.63, 3.8) is 0 Å². The molecular weight excluding hydrogens is 482 g/mol. The number of rotatable bonds is 4. The molecule has 8 rings (SSSR count). The lowest BCUT2D eigenvalue weighted by Gasteiger charge is -2.52. The normalized spacial score (nSPS) is 28.3. The Morgan fingerprint density at radius 3 is 2.11 bits per heavy atom. The van der Waals surface area contributed by atoms with Crippen LogP contribution < -0.4 is 10.3 Å². The van der Waals surface area contributed by atoms with E-state index in [-0.39, 0.29) is 17.7 Å². The van der Waals surface area contributed by atoms with Crippen molar-refractivity contribution in [2.75, 3.05) is 18.1 Å². The van der Waals surface area contributed by atoms with Gasteiger partial charge in [-0.25, -0.2) is 10.3 Å². The number of carbonyl (C=O) groups is 3. The second-order valence-corrected chi connectivity index (χ2v) is 10.2. The zero-order chi connectivity index (χ0) is 26.1. The summed E-state index contributed by atoms with van der Waals surface area (Å²) >= 11 is 0. The quantitative estimate of drug-likeness (QED) is 0.333. The summed E-state index contributed by atoms with van der Waals surface area (Å²) in [6.07, 6.45) is 1.63. The molecule has 0 saturated carbocycles. The molecule has 2 aliphatic heterocycles. The fourth-order valence-corrected chi connectivity index (χ4v) is 6.82. The molecule has 3 amide bonds. The van der Waals surface area contributed by atoms with Gasteiger partial charge in [-0.1, -0.05) is 66.7 Å². The number of imide groups is 1. The van der Waals surface area contributed by atoms with Crippen LogP contribution in [0.2, 0.25) is 0 Å². The molecule has 38 heavy (non-hydrogen) atoms. The molecule has 8 heteroatoms. The van der Waals surface area contributed by atoms with Crippen LogP contribution in [0.5, 0.6) is 0 Å². The Labute approximate surface area is 219 Å². The van der Waals surface area contributed by atoms with Gasteiger partial charge in [0.1, 0.15) is 0 Å². The van der Waals surface area contributed by atoms with Crippen LogP contribution in [0.15, 0.2) is 84.0 Å². The Hall–Kier alpha value is -4.14. The van der Waals surface area contributed by atoms with Crippen LogP contribution in [0.3, 0.4) is 0 Å². The van der Waals surface area contributed by atoms with Gasteiger partial charge in [0.05, 0.1) is 36.2 Å². The van der Waals surface area contributed by atoms with E-state index >= 15 is 0 Å². The molecule has 2 heterocycles. The third-order valence-electron chi connectivity index (χ3n) is 8.38. The summed E-state index contributed by atoms with van der Waals surface area (Å²) in [5.74, 6) is -4.05. The topological polar surface area (TPSA) is 97.3 Å². The van der Waals surface area contributed by atoms with E-state index < -0.39 is 28.9 Å². The van der Waals surface area contributed by atoms with Gasteiger partial charge in [0, 0.05) is 12.1 Å². The van der Waals surface area contributed by atoms with Crippen LogP contribution in [-0.4, -0.2) is 42.9 Å². The van der Waals surface area contributed by atoms with Gasteiger partial charge in [-0.3, -0.25) is 14.4 Å². The molecule has 0 spiro atoms. The van der Waals surface area contributed by atoms with E-state index in [1.54, 1.807) is 25.3 Å².